The van der Waals surface area contributed by atoms with Crippen LogP contribution in [0.3, 0.4) is 0 Å². The summed E-state index contributed by atoms with van der Waals surface area (Å²) in [4.78, 5) is 22.8. The lowest BCUT2D eigenvalue weighted by Crippen LogP contribution is -2.30. The number of aliphatic carboxylic acids is 1. The Labute approximate surface area is 166 Å². The van der Waals surface area contributed by atoms with Gasteiger partial charge in [0.25, 0.3) is 5.91 Å². The Morgan fingerprint density at radius 2 is 1.70 bits per heavy atom. The van der Waals surface area contributed by atoms with Crippen molar-refractivity contribution < 1.29 is 24.2 Å². The number of ether oxygens (including phenoxy) is 2. The summed E-state index contributed by atoms with van der Waals surface area (Å²) in [7, 11) is 1.37. The number of halogens is 1. The summed E-state index contributed by atoms with van der Waals surface area (Å²) >= 11 is 3.39. The fourth-order valence-electron chi connectivity index (χ4n) is 2.40. The summed E-state index contributed by atoms with van der Waals surface area (Å²) < 4.78 is 11.4. The van der Waals surface area contributed by atoms with Gasteiger partial charge in [-0.2, -0.15) is 0 Å². The number of carbonyl (C=O) groups excluding carboxylic acids is 1. The molecule has 0 fully saturated rings. The number of hydrogen-bond donors (Lipinski definition) is 2. The van der Waals surface area contributed by atoms with Gasteiger partial charge in [-0.05, 0) is 41.8 Å². The van der Waals surface area contributed by atoms with Gasteiger partial charge in [-0.3, -0.25) is 4.79 Å². The standard InChI is InChI=1S/C20H22BrNO5/c1-26-18(20(24)25)12-15-4-8-17(9-5-15)27-13-19(23)22-11-10-14-2-6-16(21)7-3-14/h2-9,18H,10-13H2,1H3,(H,22,23)(H,24,25)/t18-/m0/s1. The predicted octanol–water partition coefficient (Wildman–Crippen LogP) is 2.83. The second kappa shape index (κ2) is 10.7. The summed E-state index contributed by atoms with van der Waals surface area (Å²) in [6.07, 6.45) is 0.133. The molecule has 2 rings (SSSR count). The van der Waals surface area contributed by atoms with Gasteiger partial charge in [0.05, 0.1) is 0 Å². The van der Waals surface area contributed by atoms with Crippen molar-refractivity contribution in [3.63, 3.8) is 0 Å². The number of carboxylic acids is 1. The normalized spacial score (nSPS) is 11.6. The summed E-state index contributed by atoms with van der Waals surface area (Å²) in [6.45, 7) is 0.464. The number of amides is 1. The molecule has 2 aromatic carbocycles. The molecule has 7 heteroatoms. The molecule has 6 nitrogen and oxygen atoms in total. The SMILES string of the molecule is CO[C@@H](Cc1ccc(OCC(=O)NCCc2ccc(Br)cc2)cc1)C(=O)O. The highest BCUT2D eigenvalue weighted by molar-refractivity contribution is 9.10. The van der Waals surface area contributed by atoms with Crippen LogP contribution in [0.15, 0.2) is 53.0 Å². The van der Waals surface area contributed by atoms with Crippen molar-refractivity contribution in [1.29, 1.82) is 0 Å². The lowest BCUT2D eigenvalue weighted by Gasteiger charge is -2.11. The Bertz CT molecular complexity index is 746. The molecule has 0 radical (unpaired) electrons. The van der Waals surface area contributed by atoms with E-state index in [1.165, 1.54) is 7.11 Å². The molecule has 2 aromatic rings. The number of benzene rings is 2. The Morgan fingerprint density at radius 3 is 2.30 bits per heavy atom. The molecule has 1 amide bonds. The first kappa shape index (κ1) is 20.9. The van der Waals surface area contributed by atoms with Crippen LogP contribution in [0.2, 0.25) is 0 Å². The van der Waals surface area contributed by atoms with Crippen LogP contribution in [-0.4, -0.2) is 43.3 Å². The van der Waals surface area contributed by atoms with E-state index in [1.54, 1.807) is 24.3 Å². The molecule has 0 aliphatic carbocycles. The van der Waals surface area contributed by atoms with Crippen LogP contribution in [0.25, 0.3) is 0 Å². The van der Waals surface area contributed by atoms with Crippen molar-refractivity contribution in [1.82, 2.24) is 5.32 Å². The first-order chi connectivity index (χ1) is 13.0. The second-order valence-electron chi connectivity index (χ2n) is 5.93. The summed E-state index contributed by atoms with van der Waals surface area (Å²) in [5.41, 5.74) is 1.96. The molecule has 0 aliphatic rings. The fourth-order valence-corrected chi connectivity index (χ4v) is 2.67. The lowest BCUT2D eigenvalue weighted by molar-refractivity contribution is -0.148. The highest BCUT2D eigenvalue weighted by Crippen LogP contribution is 2.14. The highest BCUT2D eigenvalue weighted by atomic mass is 79.9. The molecular formula is C20H22BrNO5. The van der Waals surface area contributed by atoms with E-state index in [2.05, 4.69) is 21.2 Å². The van der Waals surface area contributed by atoms with Crippen LogP contribution in [0, 0.1) is 0 Å². The third-order valence-corrected chi connectivity index (χ3v) is 4.45. The number of hydrogen-bond acceptors (Lipinski definition) is 4. The minimum Gasteiger partial charge on any atom is -0.484 e. The van der Waals surface area contributed by atoms with Gasteiger partial charge in [0.1, 0.15) is 5.75 Å². The van der Waals surface area contributed by atoms with Crippen molar-refractivity contribution in [2.24, 2.45) is 0 Å². The van der Waals surface area contributed by atoms with Crippen LogP contribution >= 0.6 is 15.9 Å². The number of nitrogens with one attached hydrogen (secondary N) is 1. The van der Waals surface area contributed by atoms with Gasteiger partial charge in [-0.25, -0.2) is 4.79 Å². The lowest BCUT2D eigenvalue weighted by atomic mass is 10.1. The molecule has 0 heterocycles. The molecule has 144 valence electrons. The quantitative estimate of drug-likeness (QED) is 0.599. The van der Waals surface area contributed by atoms with E-state index in [0.29, 0.717) is 12.3 Å². The number of carboxylic acid groups (broad SMARTS) is 1. The maximum atomic E-state index is 11.9. The molecule has 0 unspecified atom stereocenters. The van der Waals surface area contributed by atoms with Crippen molar-refractivity contribution in [3.8, 4) is 5.75 Å². The summed E-state index contributed by atoms with van der Waals surface area (Å²) in [5, 5.41) is 11.8. The molecule has 1 atom stereocenters. The molecule has 2 N–H and O–H groups in total. The monoisotopic (exact) mass is 435 g/mol. The zero-order chi connectivity index (χ0) is 19.6. The Balaban J connectivity index is 1.71. The third kappa shape index (κ3) is 7.40. The Kier molecular flexibility index (Phi) is 8.29. The number of carbonyl (C=O) groups is 2. The largest absolute Gasteiger partial charge is 0.484 e. The Morgan fingerprint density at radius 1 is 1.07 bits per heavy atom. The van der Waals surface area contributed by atoms with Gasteiger partial charge in [0.15, 0.2) is 12.7 Å². The van der Waals surface area contributed by atoms with E-state index in [-0.39, 0.29) is 18.9 Å². The molecule has 0 saturated heterocycles. The van der Waals surface area contributed by atoms with Gasteiger partial charge in [-0.15, -0.1) is 0 Å². The van der Waals surface area contributed by atoms with Gasteiger partial charge >= 0.3 is 5.97 Å². The van der Waals surface area contributed by atoms with Crippen LogP contribution < -0.4 is 10.1 Å². The number of rotatable bonds is 10. The maximum Gasteiger partial charge on any atom is 0.333 e. The highest BCUT2D eigenvalue weighted by Gasteiger charge is 2.16. The van der Waals surface area contributed by atoms with Gasteiger partial charge in [-0.1, -0.05) is 40.2 Å². The van der Waals surface area contributed by atoms with Crippen LogP contribution in [-0.2, 0) is 27.2 Å². The zero-order valence-corrected chi connectivity index (χ0v) is 16.6. The van der Waals surface area contributed by atoms with Gasteiger partial charge in [0, 0.05) is 24.5 Å². The number of methoxy groups -OCH3 is 1. The van der Waals surface area contributed by atoms with Crippen LogP contribution in [0.1, 0.15) is 11.1 Å². The smallest absolute Gasteiger partial charge is 0.333 e. The minimum atomic E-state index is -1.00. The van der Waals surface area contributed by atoms with Crippen molar-refractivity contribution >= 4 is 27.8 Å². The van der Waals surface area contributed by atoms with E-state index in [0.717, 1.165) is 22.0 Å². The van der Waals surface area contributed by atoms with Gasteiger partial charge in [0.2, 0.25) is 0 Å². The van der Waals surface area contributed by atoms with Crippen molar-refractivity contribution in [2.75, 3.05) is 20.3 Å². The molecule has 0 aromatic heterocycles. The van der Waals surface area contributed by atoms with Crippen LogP contribution in [0.5, 0.6) is 5.75 Å². The third-order valence-electron chi connectivity index (χ3n) is 3.92. The second-order valence-corrected chi connectivity index (χ2v) is 6.84. The molecule has 0 saturated carbocycles. The van der Waals surface area contributed by atoms with Gasteiger partial charge < -0.3 is 19.9 Å². The summed E-state index contributed by atoms with van der Waals surface area (Å²) in [5.74, 6) is -0.648. The molecule has 0 aliphatic heterocycles. The fraction of sp³-hybridized carbons (Fsp3) is 0.300. The molecule has 27 heavy (non-hydrogen) atoms. The van der Waals surface area contributed by atoms with E-state index in [1.807, 2.05) is 24.3 Å². The predicted molar refractivity (Wildman–Crippen MR) is 105 cm³/mol. The topological polar surface area (TPSA) is 84.9 Å². The summed E-state index contributed by atoms with van der Waals surface area (Å²) in [6, 6.07) is 14.9. The average molecular weight is 436 g/mol. The average Bonchev–Trinajstić information content (AvgIpc) is 2.66. The van der Waals surface area contributed by atoms with Crippen molar-refractivity contribution in [3.05, 3.63) is 64.1 Å². The van der Waals surface area contributed by atoms with E-state index in [9.17, 15) is 9.59 Å². The van der Waals surface area contributed by atoms with E-state index in [4.69, 9.17) is 14.6 Å². The van der Waals surface area contributed by atoms with E-state index >= 15 is 0 Å². The van der Waals surface area contributed by atoms with Crippen molar-refractivity contribution in [2.45, 2.75) is 18.9 Å². The first-order valence-electron chi connectivity index (χ1n) is 8.46. The van der Waals surface area contributed by atoms with Crippen LogP contribution in [0.4, 0.5) is 0 Å². The van der Waals surface area contributed by atoms with E-state index < -0.39 is 12.1 Å². The zero-order valence-electron chi connectivity index (χ0n) is 15.0. The molecule has 0 spiro atoms. The maximum absolute atomic E-state index is 11.9. The molecular weight excluding hydrogens is 414 g/mol. The minimum absolute atomic E-state index is 0.0739. The molecule has 0 bridgehead atoms. The first-order valence-corrected chi connectivity index (χ1v) is 9.25. The Hall–Kier alpha value is -2.38.